The van der Waals surface area contributed by atoms with Gasteiger partial charge in [0.05, 0.1) is 6.04 Å². The lowest BCUT2D eigenvalue weighted by Crippen LogP contribution is -2.35. The lowest BCUT2D eigenvalue weighted by molar-refractivity contribution is 0.0747. The highest BCUT2D eigenvalue weighted by molar-refractivity contribution is 5.95. The zero-order valence-electron chi connectivity index (χ0n) is 14.2. The molecule has 3 nitrogen and oxygen atoms in total. The molecule has 0 bridgehead atoms. The van der Waals surface area contributed by atoms with Crippen LogP contribution in [0.25, 0.3) is 0 Å². The fraction of sp³-hybridized carbons (Fsp3) is 0.550. The van der Waals surface area contributed by atoms with Crippen LogP contribution in [0.4, 0.5) is 0 Å². The van der Waals surface area contributed by atoms with Crippen molar-refractivity contribution in [2.45, 2.75) is 51.6 Å². The van der Waals surface area contributed by atoms with E-state index in [-0.39, 0.29) is 11.9 Å². The second-order valence-corrected chi connectivity index (χ2v) is 6.75. The number of hydrogen-bond donors (Lipinski definition) is 0. The Morgan fingerprint density at radius 2 is 1.78 bits per heavy atom. The first-order valence-corrected chi connectivity index (χ1v) is 9.07. The summed E-state index contributed by atoms with van der Waals surface area (Å²) in [6, 6.07) is 8.52. The van der Waals surface area contributed by atoms with Crippen LogP contribution in [0.2, 0.25) is 0 Å². The van der Waals surface area contributed by atoms with Crippen molar-refractivity contribution < 1.29 is 4.79 Å². The maximum absolute atomic E-state index is 12.6. The van der Waals surface area contributed by atoms with E-state index in [1.807, 2.05) is 17.0 Å². The van der Waals surface area contributed by atoms with Crippen molar-refractivity contribution in [1.82, 2.24) is 9.80 Å². The average Bonchev–Trinajstić information content (AvgIpc) is 2.92. The van der Waals surface area contributed by atoms with Gasteiger partial charge in [0.15, 0.2) is 0 Å². The number of carbonyl (C=O) groups excluding carboxylic acids is 1. The van der Waals surface area contributed by atoms with Gasteiger partial charge in [0.1, 0.15) is 0 Å². The molecule has 2 heterocycles. The van der Waals surface area contributed by atoms with Crippen LogP contribution in [0, 0.1) is 0 Å². The van der Waals surface area contributed by atoms with Crippen LogP contribution >= 0.6 is 0 Å². The van der Waals surface area contributed by atoms with Crippen LogP contribution < -0.4 is 0 Å². The minimum atomic E-state index is 0.156. The third-order valence-electron chi connectivity index (χ3n) is 5.05. The van der Waals surface area contributed by atoms with E-state index in [2.05, 4.69) is 36.1 Å². The molecule has 0 radical (unpaired) electrons. The van der Waals surface area contributed by atoms with E-state index < -0.39 is 0 Å². The van der Waals surface area contributed by atoms with Crippen LogP contribution in [0.5, 0.6) is 0 Å². The predicted octanol–water partition coefficient (Wildman–Crippen LogP) is 3.85. The van der Waals surface area contributed by atoms with Gasteiger partial charge in [-0.15, -0.1) is 0 Å². The SMILES string of the molecule is CC[C@@H]1C=CCN1C(=O)c1ccc(CN2CCCCCC2)cc1. The van der Waals surface area contributed by atoms with Gasteiger partial charge >= 0.3 is 0 Å². The molecule has 0 N–H and O–H groups in total. The van der Waals surface area contributed by atoms with Gasteiger partial charge < -0.3 is 4.90 Å². The summed E-state index contributed by atoms with van der Waals surface area (Å²) in [5.41, 5.74) is 2.13. The zero-order valence-corrected chi connectivity index (χ0v) is 14.2. The molecule has 124 valence electrons. The highest BCUT2D eigenvalue weighted by atomic mass is 16.2. The van der Waals surface area contributed by atoms with Crippen molar-refractivity contribution in [3.05, 3.63) is 47.5 Å². The van der Waals surface area contributed by atoms with Gasteiger partial charge in [0.25, 0.3) is 5.91 Å². The molecule has 0 saturated carbocycles. The van der Waals surface area contributed by atoms with Crippen molar-refractivity contribution >= 4 is 5.91 Å². The number of rotatable bonds is 4. The molecule has 2 aliphatic rings. The molecule has 1 fully saturated rings. The Kier molecular flexibility index (Phi) is 5.50. The van der Waals surface area contributed by atoms with E-state index in [1.165, 1.54) is 44.3 Å². The fourth-order valence-corrected chi connectivity index (χ4v) is 3.63. The van der Waals surface area contributed by atoms with Crippen LogP contribution in [-0.4, -0.2) is 41.4 Å². The minimum Gasteiger partial charge on any atom is -0.329 e. The monoisotopic (exact) mass is 312 g/mol. The second-order valence-electron chi connectivity index (χ2n) is 6.75. The van der Waals surface area contributed by atoms with Crippen molar-refractivity contribution in [3.63, 3.8) is 0 Å². The molecule has 0 unspecified atom stereocenters. The molecular weight excluding hydrogens is 284 g/mol. The molecule has 3 heteroatoms. The van der Waals surface area contributed by atoms with E-state index in [4.69, 9.17) is 0 Å². The largest absolute Gasteiger partial charge is 0.329 e. The number of amides is 1. The second kappa shape index (κ2) is 7.78. The van der Waals surface area contributed by atoms with E-state index in [1.54, 1.807) is 0 Å². The van der Waals surface area contributed by atoms with Gasteiger partial charge in [-0.25, -0.2) is 0 Å². The van der Waals surface area contributed by atoms with Crippen molar-refractivity contribution in [1.29, 1.82) is 0 Å². The third kappa shape index (κ3) is 4.03. The number of carbonyl (C=O) groups is 1. The fourth-order valence-electron chi connectivity index (χ4n) is 3.63. The number of likely N-dealkylation sites (tertiary alicyclic amines) is 1. The Balaban J connectivity index is 1.61. The van der Waals surface area contributed by atoms with Crippen molar-refractivity contribution in [2.75, 3.05) is 19.6 Å². The molecular formula is C20H28N2O. The van der Waals surface area contributed by atoms with Gasteiger partial charge in [-0.2, -0.15) is 0 Å². The lowest BCUT2D eigenvalue weighted by Gasteiger charge is -2.24. The van der Waals surface area contributed by atoms with Gasteiger partial charge in [-0.1, -0.05) is 44.1 Å². The first-order valence-electron chi connectivity index (χ1n) is 9.07. The lowest BCUT2D eigenvalue weighted by atomic mass is 10.1. The molecule has 1 amide bonds. The summed E-state index contributed by atoms with van der Waals surface area (Å²) in [5, 5.41) is 0. The van der Waals surface area contributed by atoms with Crippen LogP contribution in [0.1, 0.15) is 54.9 Å². The highest BCUT2D eigenvalue weighted by Gasteiger charge is 2.24. The van der Waals surface area contributed by atoms with Crippen LogP contribution in [-0.2, 0) is 6.54 Å². The Hall–Kier alpha value is -1.61. The maximum Gasteiger partial charge on any atom is 0.254 e. The molecule has 2 aliphatic heterocycles. The molecule has 1 atom stereocenters. The summed E-state index contributed by atoms with van der Waals surface area (Å²) in [7, 11) is 0. The normalized spacial score (nSPS) is 22.3. The van der Waals surface area contributed by atoms with E-state index >= 15 is 0 Å². The first kappa shape index (κ1) is 16.3. The van der Waals surface area contributed by atoms with E-state index in [9.17, 15) is 4.79 Å². The topological polar surface area (TPSA) is 23.6 Å². The number of benzene rings is 1. The molecule has 0 spiro atoms. The molecule has 0 aromatic heterocycles. The standard InChI is InChI=1S/C20H28N2O/c1-2-19-8-7-15-22(19)20(23)18-11-9-17(10-12-18)16-21-13-5-3-4-6-14-21/h7-12,19H,2-6,13-16H2,1H3/t19-/m1/s1. The Labute approximate surface area is 140 Å². The summed E-state index contributed by atoms with van der Waals surface area (Å²) in [5.74, 6) is 0.156. The summed E-state index contributed by atoms with van der Waals surface area (Å²) >= 11 is 0. The van der Waals surface area contributed by atoms with Gasteiger partial charge in [0.2, 0.25) is 0 Å². The summed E-state index contributed by atoms with van der Waals surface area (Å²) < 4.78 is 0. The molecule has 0 aliphatic carbocycles. The van der Waals surface area contributed by atoms with Crippen LogP contribution in [0.3, 0.4) is 0 Å². The number of nitrogens with zero attached hydrogens (tertiary/aromatic N) is 2. The predicted molar refractivity (Wildman–Crippen MR) is 94.4 cm³/mol. The quantitative estimate of drug-likeness (QED) is 0.788. The molecule has 1 saturated heterocycles. The minimum absolute atomic E-state index is 0.156. The smallest absolute Gasteiger partial charge is 0.254 e. The Morgan fingerprint density at radius 1 is 1.09 bits per heavy atom. The van der Waals surface area contributed by atoms with Crippen LogP contribution in [0.15, 0.2) is 36.4 Å². The first-order chi connectivity index (χ1) is 11.3. The van der Waals surface area contributed by atoms with Crippen molar-refractivity contribution in [3.8, 4) is 0 Å². The molecule has 23 heavy (non-hydrogen) atoms. The van der Waals surface area contributed by atoms with E-state index in [0.717, 1.165) is 25.1 Å². The molecule has 1 aromatic carbocycles. The Bertz CT molecular complexity index is 541. The third-order valence-corrected chi connectivity index (χ3v) is 5.05. The summed E-state index contributed by atoms with van der Waals surface area (Å²) in [6.45, 7) is 6.30. The van der Waals surface area contributed by atoms with E-state index in [0.29, 0.717) is 0 Å². The highest BCUT2D eigenvalue weighted by Crippen LogP contribution is 2.18. The van der Waals surface area contributed by atoms with Gasteiger partial charge in [-0.3, -0.25) is 9.69 Å². The summed E-state index contributed by atoms with van der Waals surface area (Å²) in [4.78, 5) is 17.1. The van der Waals surface area contributed by atoms with Crippen molar-refractivity contribution in [2.24, 2.45) is 0 Å². The zero-order chi connectivity index (χ0) is 16.1. The van der Waals surface area contributed by atoms with Gasteiger partial charge in [-0.05, 0) is 50.0 Å². The Morgan fingerprint density at radius 3 is 2.43 bits per heavy atom. The summed E-state index contributed by atoms with van der Waals surface area (Å²) in [6.07, 6.45) is 10.6. The molecule has 3 rings (SSSR count). The molecule has 1 aromatic rings. The van der Waals surface area contributed by atoms with Gasteiger partial charge in [0, 0.05) is 18.7 Å². The number of hydrogen-bond acceptors (Lipinski definition) is 2. The average molecular weight is 312 g/mol. The maximum atomic E-state index is 12.6.